The van der Waals surface area contributed by atoms with E-state index in [0.29, 0.717) is 0 Å². The Labute approximate surface area is 141 Å². The molecule has 0 heteroatoms. The molecule has 0 aromatic heterocycles. The molecule has 6 rings (SSSR count). The molecule has 2 aliphatic rings. The minimum Gasteiger partial charge on any atom is -0.0619 e. The Balaban J connectivity index is 1.63. The van der Waals surface area contributed by atoms with Crippen LogP contribution in [0.25, 0.3) is 33.0 Å². The van der Waals surface area contributed by atoms with Crippen LogP contribution < -0.4 is 0 Å². The molecule has 4 aromatic carbocycles. The third kappa shape index (κ3) is 1.53. The van der Waals surface area contributed by atoms with Gasteiger partial charge in [0.15, 0.2) is 0 Å². The summed E-state index contributed by atoms with van der Waals surface area (Å²) in [7, 11) is 0. The summed E-state index contributed by atoms with van der Waals surface area (Å²) < 4.78 is 0. The highest BCUT2D eigenvalue weighted by molar-refractivity contribution is 5.96. The lowest BCUT2D eigenvalue weighted by molar-refractivity contribution is 1.22. The normalized spacial score (nSPS) is 13.5. The van der Waals surface area contributed by atoms with E-state index < -0.39 is 0 Å². The Bertz CT molecular complexity index is 1150. The van der Waals surface area contributed by atoms with Gasteiger partial charge in [-0.1, -0.05) is 66.7 Å². The monoisotopic (exact) mass is 304 g/mol. The second kappa shape index (κ2) is 4.36. The molecule has 0 atom stereocenters. The summed E-state index contributed by atoms with van der Waals surface area (Å²) in [6.07, 6.45) is 2.14. The van der Waals surface area contributed by atoms with Gasteiger partial charge in [-0.25, -0.2) is 0 Å². The molecule has 0 unspecified atom stereocenters. The topological polar surface area (TPSA) is 0 Å². The largest absolute Gasteiger partial charge is 0.0619 e. The van der Waals surface area contributed by atoms with Gasteiger partial charge < -0.3 is 0 Å². The first-order chi connectivity index (χ1) is 11.9. The van der Waals surface area contributed by atoms with Crippen LogP contribution in [-0.2, 0) is 12.8 Å². The number of benzene rings is 4. The van der Waals surface area contributed by atoms with E-state index in [2.05, 4.69) is 72.8 Å². The molecule has 0 saturated carbocycles. The van der Waals surface area contributed by atoms with Crippen LogP contribution in [0.15, 0.2) is 72.8 Å². The van der Waals surface area contributed by atoms with Gasteiger partial charge in [0, 0.05) is 0 Å². The predicted molar refractivity (Wildman–Crippen MR) is 100 cm³/mol. The van der Waals surface area contributed by atoms with Gasteiger partial charge in [-0.15, -0.1) is 0 Å². The molecule has 0 amide bonds. The van der Waals surface area contributed by atoms with Gasteiger partial charge in [0.1, 0.15) is 0 Å². The molecule has 0 saturated heterocycles. The second-order valence-corrected chi connectivity index (χ2v) is 6.99. The molecule has 0 bridgehead atoms. The predicted octanol–water partition coefficient (Wildman–Crippen LogP) is 5.98. The minimum absolute atomic E-state index is 1.07. The van der Waals surface area contributed by atoms with Crippen molar-refractivity contribution in [2.45, 2.75) is 12.8 Å². The molecule has 0 N–H and O–H groups in total. The highest BCUT2D eigenvalue weighted by atomic mass is 14.3. The summed E-state index contributed by atoms with van der Waals surface area (Å²) in [6, 6.07) is 27.1. The molecule has 2 aliphatic carbocycles. The molecule has 0 spiro atoms. The second-order valence-electron chi connectivity index (χ2n) is 6.99. The number of hydrogen-bond acceptors (Lipinski definition) is 0. The Hall–Kier alpha value is -2.86. The zero-order valence-electron chi connectivity index (χ0n) is 13.3. The summed E-state index contributed by atoms with van der Waals surface area (Å²) in [5.41, 5.74) is 11.7. The van der Waals surface area contributed by atoms with Crippen LogP contribution in [0.2, 0.25) is 0 Å². The number of rotatable bonds is 0. The van der Waals surface area contributed by atoms with Gasteiger partial charge in [-0.3, -0.25) is 0 Å². The van der Waals surface area contributed by atoms with Gasteiger partial charge in [-0.2, -0.15) is 0 Å². The fourth-order valence-corrected chi connectivity index (χ4v) is 4.60. The van der Waals surface area contributed by atoms with Crippen LogP contribution in [0.3, 0.4) is 0 Å². The molecular formula is C24H16. The summed E-state index contributed by atoms with van der Waals surface area (Å²) in [5.74, 6) is 0. The average molecular weight is 304 g/mol. The van der Waals surface area contributed by atoms with E-state index in [9.17, 15) is 0 Å². The van der Waals surface area contributed by atoms with Gasteiger partial charge in [-0.05, 0) is 74.2 Å². The average Bonchev–Trinajstić information content (AvgIpc) is 3.17. The van der Waals surface area contributed by atoms with E-state index in [-0.39, 0.29) is 0 Å². The molecule has 4 aromatic rings. The number of hydrogen-bond donors (Lipinski definition) is 0. The van der Waals surface area contributed by atoms with E-state index in [1.807, 2.05) is 0 Å². The lowest BCUT2D eigenvalue weighted by atomic mass is 9.97. The first-order valence-corrected chi connectivity index (χ1v) is 8.63. The summed E-state index contributed by atoms with van der Waals surface area (Å²) >= 11 is 0. The first kappa shape index (κ1) is 12.5. The van der Waals surface area contributed by atoms with Crippen molar-refractivity contribution in [1.82, 2.24) is 0 Å². The van der Waals surface area contributed by atoms with Crippen molar-refractivity contribution in [3.05, 3.63) is 95.1 Å². The SMILES string of the molecule is c1ccc2c(c1)Cc1cc3c(cc1-2)-c1ccc2ccccc2c1C3. The van der Waals surface area contributed by atoms with Crippen molar-refractivity contribution in [2.75, 3.05) is 0 Å². The van der Waals surface area contributed by atoms with Crippen molar-refractivity contribution in [3.63, 3.8) is 0 Å². The maximum Gasteiger partial charge on any atom is -0.000717 e. The molecule has 0 radical (unpaired) electrons. The first-order valence-electron chi connectivity index (χ1n) is 8.63. The quantitative estimate of drug-likeness (QED) is 0.324. The van der Waals surface area contributed by atoms with Gasteiger partial charge >= 0.3 is 0 Å². The zero-order chi connectivity index (χ0) is 15.7. The highest BCUT2D eigenvalue weighted by Gasteiger charge is 2.25. The van der Waals surface area contributed by atoms with Crippen LogP contribution in [0.1, 0.15) is 22.3 Å². The van der Waals surface area contributed by atoms with Gasteiger partial charge in [0.25, 0.3) is 0 Å². The summed E-state index contributed by atoms with van der Waals surface area (Å²) in [5, 5.41) is 2.76. The molecule has 0 heterocycles. The Morgan fingerprint density at radius 2 is 1.29 bits per heavy atom. The fraction of sp³-hybridized carbons (Fsp3) is 0.0833. The molecule has 0 aliphatic heterocycles. The third-order valence-corrected chi connectivity index (χ3v) is 5.72. The van der Waals surface area contributed by atoms with E-state index in [4.69, 9.17) is 0 Å². The maximum atomic E-state index is 2.46. The Morgan fingerprint density at radius 1 is 0.500 bits per heavy atom. The fourth-order valence-electron chi connectivity index (χ4n) is 4.60. The summed E-state index contributed by atoms with van der Waals surface area (Å²) in [6.45, 7) is 0. The maximum absolute atomic E-state index is 2.46. The van der Waals surface area contributed by atoms with Crippen LogP contribution in [0.5, 0.6) is 0 Å². The lowest BCUT2D eigenvalue weighted by Crippen LogP contribution is -1.86. The van der Waals surface area contributed by atoms with E-state index in [1.54, 1.807) is 0 Å². The Morgan fingerprint density at radius 3 is 2.29 bits per heavy atom. The summed E-state index contributed by atoms with van der Waals surface area (Å²) in [4.78, 5) is 0. The van der Waals surface area contributed by atoms with Crippen molar-refractivity contribution < 1.29 is 0 Å². The van der Waals surface area contributed by atoms with Crippen LogP contribution in [0.4, 0.5) is 0 Å². The molecular weight excluding hydrogens is 288 g/mol. The van der Waals surface area contributed by atoms with Crippen LogP contribution in [0, 0.1) is 0 Å². The molecule has 112 valence electrons. The van der Waals surface area contributed by atoms with Crippen molar-refractivity contribution >= 4 is 10.8 Å². The number of fused-ring (bicyclic) bond motifs is 8. The molecule has 0 fully saturated rings. The standard InChI is InChI=1S/C24H16/c1-3-7-19-15(5-1)9-10-21-23-14-22-17(12-18(23)13-24(19)21)11-16-6-2-4-8-20(16)22/h1-10,12,14H,11,13H2. The molecule has 0 nitrogen and oxygen atoms in total. The van der Waals surface area contributed by atoms with Crippen LogP contribution >= 0.6 is 0 Å². The van der Waals surface area contributed by atoms with E-state index in [0.717, 1.165) is 12.8 Å². The van der Waals surface area contributed by atoms with Crippen LogP contribution in [-0.4, -0.2) is 0 Å². The minimum atomic E-state index is 1.07. The van der Waals surface area contributed by atoms with Crippen molar-refractivity contribution in [3.8, 4) is 22.3 Å². The third-order valence-electron chi connectivity index (χ3n) is 5.72. The smallest absolute Gasteiger partial charge is 0.000717 e. The lowest BCUT2D eigenvalue weighted by Gasteiger charge is -2.07. The zero-order valence-corrected chi connectivity index (χ0v) is 13.3. The van der Waals surface area contributed by atoms with Gasteiger partial charge in [0.05, 0.1) is 0 Å². The van der Waals surface area contributed by atoms with Crippen molar-refractivity contribution in [1.29, 1.82) is 0 Å². The highest BCUT2D eigenvalue weighted by Crippen LogP contribution is 2.46. The van der Waals surface area contributed by atoms with Gasteiger partial charge in [0.2, 0.25) is 0 Å². The molecule has 24 heavy (non-hydrogen) atoms. The van der Waals surface area contributed by atoms with E-state index >= 15 is 0 Å². The van der Waals surface area contributed by atoms with Crippen molar-refractivity contribution in [2.24, 2.45) is 0 Å². The van der Waals surface area contributed by atoms with E-state index in [1.165, 1.54) is 55.3 Å². The Kier molecular flexibility index (Phi) is 2.28.